The second-order valence-corrected chi connectivity index (χ2v) is 6.08. The van der Waals surface area contributed by atoms with E-state index in [-0.39, 0.29) is 6.04 Å². The van der Waals surface area contributed by atoms with Gasteiger partial charge in [-0.1, -0.05) is 37.3 Å². The van der Waals surface area contributed by atoms with Crippen molar-refractivity contribution in [1.82, 2.24) is 9.80 Å². The number of hydrogen-bond acceptors (Lipinski definition) is 3. The number of likely N-dealkylation sites (tertiary alicyclic amines) is 1. The summed E-state index contributed by atoms with van der Waals surface area (Å²) in [6.07, 6.45) is 1.28. The zero-order valence-corrected chi connectivity index (χ0v) is 12.4. The van der Waals surface area contributed by atoms with Crippen molar-refractivity contribution in [3.63, 3.8) is 0 Å². The Labute approximate surface area is 117 Å². The summed E-state index contributed by atoms with van der Waals surface area (Å²) in [5.74, 6) is 0.489. The first-order valence-corrected chi connectivity index (χ1v) is 7.27. The lowest BCUT2D eigenvalue weighted by Crippen LogP contribution is -2.35. The van der Waals surface area contributed by atoms with Gasteiger partial charge in [-0.05, 0) is 38.5 Å². The normalized spacial score (nSPS) is 23.7. The van der Waals surface area contributed by atoms with Gasteiger partial charge in [-0.3, -0.25) is 0 Å². The third-order valence-corrected chi connectivity index (χ3v) is 4.32. The zero-order valence-electron chi connectivity index (χ0n) is 12.4. The summed E-state index contributed by atoms with van der Waals surface area (Å²) in [7, 11) is 4.35. The summed E-state index contributed by atoms with van der Waals surface area (Å²) >= 11 is 0. The van der Waals surface area contributed by atoms with Crippen LogP contribution < -0.4 is 5.73 Å². The zero-order chi connectivity index (χ0) is 13.8. The van der Waals surface area contributed by atoms with E-state index in [1.165, 1.54) is 25.1 Å². The quantitative estimate of drug-likeness (QED) is 0.879. The first kappa shape index (κ1) is 14.5. The lowest BCUT2D eigenvalue weighted by molar-refractivity contribution is 0.235. The van der Waals surface area contributed by atoms with Crippen LogP contribution in [0.25, 0.3) is 0 Å². The average Bonchev–Trinajstić information content (AvgIpc) is 2.87. The molecule has 0 aliphatic carbocycles. The fourth-order valence-electron chi connectivity index (χ4n) is 2.92. The predicted molar refractivity (Wildman–Crippen MR) is 81.1 cm³/mol. The molecule has 19 heavy (non-hydrogen) atoms. The fourth-order valence-corrected chi connectivity index (χ4v) is 2.92. The van der Waals surface area contributed by atoms with Crippen LogP contribution in [-0.2, 0) is 0 Å². The van der Waals surface area contributed by atoms with Crippen molar-refractivity contribution in [3.05, 3.63) is 35.9 Å². The molecule has 106 valence electrons. The van der Waals surface area contributed by atoms with Gasteiger partial charge in [-0.15, -0.1) is 0 Å². The summed E-state index contributed by atoms with van der Waals surface area (Å²) in [5, 5.41) is 0. The number of nitrogens with two attached hydrogens (primary N) is 1. The van der Waals surface area contributed by atoms with E-state index < -0.39 is 0 Å². The minimum atomic E-state index is 0.139. The molecule has 0 spiro atoms. The van der Waals surface area contributed by atoms with Crippen molar-refractivity contribution >= 4 is 0 Å². The minimum absolute atomic E-state index is 0.139. The highest BCUT2D eigenvalue weighted by atomic mass is 15.2. The topological polar surface area (TPSA) is 32.5 Å². The average molecular weight is 261 g/mol. The monoisotopic (exact) mass is 261 g/mol. The summed E-state index contributed by atoms with van der Waals surface area (Å²) < 4.78 is 0. The molecule has 1 saturated heterocycles. The van der Waals surface area contributed by atoms with Crippen LogP contribution in [0.4, 0.5) is 0 Å². The molecule has 0 bridgehead atoms. The van der Waals surface area contributed by atoms with Crippen LogP contribution >= 0.6 is 0 Å². The molecule has 1 heterocycles. The summed E-state index contributed by atoms with van der Waals surface area (Å²) in [6, 6.07) is 11.3. The molecule has 0 aromatic heterocycles. The van der Waals surface area contributed by atoms with E-state index >= 15 is 0 Å². The molecular weight excluding hydrogens is 234 g/mol. The minimum Gasteiger partial charge on any atom is -0.324 e. The van der Waals surface area contributed by atoms with E-state index in [1.54, 1.807) is 0 Å². The Balaban J connectivity index is 1.86. The van der Waals surface area contributed by atoms with Crippen molar-refractivity contribution in [2.45, 2.75) is 25.4 Å². The van der Waals surface area contributed by atoms with Gasteiger partial charge in [0.1, 0.15) is 0 Å². The van der Waals surface area contributed by atoms with Crippen molar-refractivity contribution < 1.29 is 0 Å². The molecule has 2 N–H and O–H groups in total. The number of nitrogens with zero attached hydrogens (tertiary/aromatic N) is 2. The number of benzene rings is 1. The maximum absolute atomic E-state index is 6.37. The van der Waals surface area contributed by atoms with Crippen LogP contribution in [0.3, 0.4) is 0 Å². The number of hydrogen-bond donors (Lipinski definition) is 1. The first-order valence-electron chi connectivity index (χ1n) is 7.27. The van der Waals surface area contributed by atoms with Crippen molar-refractivity contribution in [3.8, 4) is 0 Å². The van der Waals surface area contributed by atoms with Crippen molar-refractivity contribution in [1.29, 1.82) is 0 Å². The maximum Gasteiger partial charge on any atom is 0.0333 e. The molecule has 1 aromatic carbocycles. The Morgan fingerprint density at radius 3 is 2.58 bits per heavy atom. The lowest BCUT2D eigenvalue weighted by atomic mass is 9.95. The van der Waals surface area contributed by atoms with Crippen LogP contribution in [0.2, 0.25) is 0 Å². The molecule has 1 aromatic rings. The van der Waals surface area contributed by atoms with Crippen LogP contribution in [0, 0.1) is 5.92 Å². The highest BCUT2D eigenvalue weighted by molar-refractivity contribution is 5.19. The largest absolute Gasteiger partial charge is 0.324 e. The molecule has 3 nitrogen and oxygen atoms in total. The molecule has 3 atom stereocenters. The Morgan fingerprint density at radius 1 is 1.32 bits per heavy atom. The molecule has 3 unspecified atom stereocenters. The van der Waals surface area contributed by atoms with E-state index in [9.17, 15) is 0 Å². The highest BCUT2D eigenvalue weighted by Gasteiger charge is 2.26. The standard InChI is InChI=1S/C16H27N3/c1-13(16(17)14-7-5-4-6-8-14)11-19-10-9-15(12-19)18(2)3/h4-8,13,15-16H,9-12,17H2,1-3H3. The molecule has 1 aliphatic heterocycles. The second-order valence-electron chi connectivity index (χ2n) is 6.08. The second kappa shape index (κ2) is 6.51. The Morgan fingerprint density at radius 2 is 2.00 bits per heavy atom. The summed E-state index contributed by atoms with van der Waals surface area (Å²) in [4.78, 5) is 4.89. The van der Waals surface area contributed by atoms with Crippen LogP contribution in [0.5, 0.6) is 0 Å². The van der Waals surface area contributed by atoms with Crippen molar-refractivity contribution in [2.75, 3.05) is 33.7 Å². The highest BCUT2D eigenvalue weighted by Crippen LogP contribution is 2.22. The summed E-state index contributed by atoms with van der Waals surface area (Å²) in [5.41, 5.74) is 7.62. The van der Waals surface area contributed by atoms with Gasteiger partial charge in [0, 0.05) is 25.2 Å². The summed E-state index contributed by atoms with van der Waals surface area (Å²) in [6.45, 7) is 5.74. The van der Waals surface area contributed by atoms with Gasteiger partial charge in [0.2, 0.25) is 0 Å². The van der Waals surface area contributed by atoms with Gasteiger partial charge in [-0.2, -0.15) is 0 Å². The van der Waals surface area contributed by atoms with Gasteiger partial charge in [0.05, 0.1) is 0 Å². The Kier molecular flexibility index (Phi) is 4.97. The van der Waals surface area contributed by atoms with Gasteiger partial charge >= 0.3 is 0 Å². The maximum atomic E-state index is 6.37. The fraction of sp³-hybridized carbons (Fsp3) is 0.625. The molecule has 0 saturated carbocycles. The molecule has 0 amide bonds. The van der Waals surface area contributed by atoms with Gasteiger partial charge in [-0.25, -0.2) is 0 Å². The van der Waals surface area contributed by atoms with E-state index in [1.807, 2.05) is 6.07 Å². The van der Waals surface area contributed by atoms with E-state index in [0.717, 1.165) is 6.54 Å². The smallest absolute Gasteiger partial charge is 0.0333 e. The van der Waals surface area contributed by atoms with E-state index in [0.29, 0.717) is 12.0 Å². The third-order valence-electron chi connectivity index (χ3n) is 4.32. The molecule has 3 heteroatoms. The van der Waals surface area contributed by atoms with E-state index in [4.69, 9.17) is 5.73 Å². The van der Waals surface area contributed by atoms with Gasteiger partial charge in [0.25, 0.3) is 0 Å². The van der Waals surface area contributed by atoms with Gasteiger partial charge < -0.3 is 15.5 Å². The van der Waals surface area contributed by atoms with Crippen LogP contribution in [-0.4, -0.2) is 49.6 Å². The predicted octanol–water partition coefficient (Wildman–Crippen LogP) is 1.96. The third kappa shape index (κ3) is 3.78. The molecule has 1 aliphatic rings. The number of likely N-dealkylation sites (N-methyl/N-ethyl adjacent to an activating group) is 1. The van der Waals surface area contributed by atoms with E-state index in [2.05, 4.69) is 55.1 Å². The van der Waals surface area contributed by atoms with Crippen molar-refractivity contribution in [2.24, 2.45) is 11.7 Å². The Bertz CT molecular complexity index is 377. The SMILES string of the molecule is CC(CN1CCC(N(C)C)C1)C(N)c1ccccc1. The molecular formula is C16H27N3. The van der Waals surface area contributed by atoms with Crippen LogP contribution in [0.1, 0.15) is 24.9 Å². The Hall–Kier alpha value is -0.900. The van der Waals surface area contributed by atoms with Gasteiger partial charge in [0.15, 0.2) is 0 Å². The molecule has 1 fully saturated rings. The lowest BCUT2D eigenvalue weighted by Gasteiger charge is -2.26. The number of rotatable bonds is 5. The molecule has 2 rings (SSSR count). The first-order chi connectivity index (χ1) is 9.08. The van der Waals surface area contributed by atoms with Crippen LogP contribution in [0.15, 0.2) is 30.3 Å². The molecule has 0 radical (unpaired) electrons.